The highest BCUT2D eigenvalue weighted by atomic mass is 15.2. The van der Waals surface area contributed by atoms with E-state index < -0.39 is 0 Å². The third-order valence-corrected chi connectivity index (χ3v) is 4.28. The molecule has 0 radical (unpaired) electrons. The number of piperazine rings is 1. The number of nitrogens with one attached hydrogen (secondary N) is 1. The second-order valence-corrected chi connectivity index (χ2v) is 5.68. The minimum absolute atomic E-state index is 0.211. The Bertz CT molecular complexity index is 579. The molecule has 0 amide bonds. The van der Waals surface area contributed by atoms with Crippen LogP contribution in [0, 0.1) is 11.3 Å². The molecule has 1 aliphatic heterocycles. The predicted octanol–water partition coefficient (Wildman–Crippen LogP) is 2.96. The molecule has 2 aromatic rings. The van der Waals surface area contributed by atoms with Crippen molar-refractivity contribution < 1.29 is 0 Å². The summed E-state index contributed by atoms with van der Waals surface area (Å²) in [5.74, 6) is 0. The van der Waals surface area contributed by atoms with Crippen LogP contribution in [-0.4, -0.2) is 30.6 Å². The van der Waals surface area contributed by atoms with Gasteiger partial charge in [-0.05, 0) is 11.1 Å². The zero-order chi connectivity index (χ0) is 15.2. The summed E-state index contributed by atoms with van der Waals surface area (Å²) in [5, 5.41) is 12.6. The van der Waals surface area contributed by atoms with E-state index in [1.807, 2.05) is 0 Å². The summed E-state index contributed by atoms with van der Waals surface area (Å²) < 4.78 is 0. The second kappa shape index (κ2) is 7.22. The Balaban J connectivity index is 1.99. The first kappa shape index (κ1) is 14.8. The van der Waals surface area contributed by atoms with Crippen molar-refractivity contribution >= 4 is 0 Å². The van der Waals surface area contributed by atoms with Crippen LogP contribution in [0.3, 0.4) is 0 Å². The highest BCUT2D eigenvalue weighted by molar-refractivity contribution is 5.32. The average Bonchev–Trinajstić information content (AvgIpc) is 2.59. The van der Waals surface area contributed by atoms with Crippen molar-refractivity contribution in [2.45, 2.75) is 18.5 Å². The molecule has 1 heterocycles. The van der Waals surface area contributed by atoms with Gasteiger partial charge in [-0.1, -0.05) is 60.7 Å². The summed E-state index contributed by atoms with van der Waals surface area (Å²) >= 11 is 0. The minimum Gasteiger partial charge on any atom is -0.314 e. The van der Waals surface area contributed by atoms with Crippen molar-refractivity contribution in [3.8, 4) is 6.07 Å². The van der Waals surface area contributed by atoms with Crippen LogP contribution in [0.15, 0.2) is 60.7 Å². The number of nitriles is 1. The van der Waals surface area contributed by atoms with Gasteiger partial charge >= 0.3 is 0 Å². The fourth-order valence-electron chi connectivity index (χ4n) is 3.26. The molecule has 0 unspecified atom stereocenters. The molecule has 3 rings (SSSR count). The van der Waals surface area contributed by atoms with Crippen molar-refractivity contribution in [1.82, 2.24) is 10.2 Å². The molecule has 1 saturated heterocycles. The molecular formula is C19H21N3. The molecule has 0 bridgehead atoms. The molecule has 2 aromatic carbocycles. The van der Waals surface area contributed by atoms with Gasteiger partial charge in [0.2, 0.25) is 0 Å². The first-order chi connectivity index (χ1) is 10.9. The van der Waals surface area contributed by atoms with Gasteiger partial charge in [-0.3, -0.25) is 4.90 Å². The van der Waals surface area contributed by atoms with E-state index in [9.17, 15) is 0 Å². The summed E-state index contributed by atoms with van der Waals surface area (Å²) in [7, 11) is 0. The van der Waals surface area contributed by atoms with Crippen molar-refractivity contribution in [2.75, 3.05) is 19.6 Å². The molecular weight excluding hydrogens is 270 g/mol. The third-order valence-electron chi connectivity index (χ3n) is 4.28. The number of nitrogens with zero attached hydrogens (tertiary/aromatic N) is 2. The maximum absolute atomic E-state index is 9.15. The van der Waals surface area contributed by atoms with Gasteiger partial charge in [-0.15, -0.1) is 0 Å². The van der Waals surface area contributed by atoms with E-state index >= 15 is 0 Å². The van der Waals surface area contributed by atoms with E-state index in [1.54, 1.807) is 0 Å². The van der Waals surface area contributed by atoms with Crippen LogP contribution in [0.2, 0.25) is 0 Å². The van der Waals surface area contributed by atoms with Crippen molar-refractivity contribution in [3.63, 3.8) is 0 Å². The predicted molar refractivity (Wildman–Crippen MR) is 88.3 cm³/mol. The van der Waals surface area contributed by atoms with Crippen LogP contribution in [-0.2, 0) is 0 Å². The fourth-order valence-corrected chi connectivity index (χ4v) is 3.26. The summed E-state index contributed by atoms with van der Waals surface area (Å²) in [4.78, 5) is 2.48. The molecule has 0 aromatic heterocycles. The Morgan fingerprint density at radius 1 is 1.05 bits per heavy atom. The zero-order valence-electron chi connectivity index (χ0n) is 12.7. The molecule has 22 heavy (non-hydrogen) atoms. The first-order valence-corrected chi connectivity index (χ1v) is 7.83. The second-order valence-electron chi connectivity index (χ2n) is 5.68. The standard InChI is InChI=1S/C19H21N3/c20-12-11-18-15-21-13-14-22(18)19(16-7-3-1-4-8-16)17-9-5-2-6-10-17/h1-10,18-19,21H,11,13-15H2/t18-/m0/s1. The molecule has 1 aliphatic rings. The maximum Gasteiger partial charge on any atom is 0.0638 e. The fraction of sp³-hybridized carbons (Fsp3) is 0.316. The molecule has 3 nitrogen and oxygen atoms in total. The summed E-state index contributed by atoms with van der Waals surface area (Å²) in [5.41, 5.74) is 2.58. The highest BCUT2D eigenvalue weighted by Gasteiger charge is 2.30. The molecule has 1 fully saturated rings. The van der Waals surface area contributed by atoms with Gasteiger partial charge < -0.3 is 5.32 Å². The molecule has 3 heteroatoms. The van der Waals surface area contributed by atoms with Crippen LogP contribution in [0.25, 0.3) is 0 Å². The Morgan fingerprint density at radius 3 is 2.18 bits per heavy atom. The van der Waals surface area contributed by atoms with Crippen molar-refractivity contribution in [1.29, 1.82) is 5.26 Å². The highest BCUT2D eigenvalue weighted by Crippen LogP contribution is 2.31. The molecule has 1 N–H and O–H groups in total. The number of hydrogen-bond acceptors (Lipinski definition) is 3. The average molecular weight is 291 g/mol. The van der Waals surface area contributed by atoms with E-state index in [2.05, 4.69) is 76.9 Å². The lowest BCUT2D eigenvalue weighted by atomic mass is 9.94. The molecule has 0 saturated carbocycles. The van der Waals surface area contributed by atoms with Gasteiger partial charge in [0.25, 0.3) is 0 Å². The normalized spacial score (nSPS) is 19.0. The van der Waals surface area contributed by atoms with Gasteiger partial charge in [0.1, 0.15) is 0 Å². The van der Waals surface area contributed by atoms with Crippen LogP contribution in [0.4, 0.5) is 0 Å². The SMILES string of the molecule is N#CC[C@H]1CNCCN1C(c1ccccc1)c1ccccc1. The van der Waals surface area contributed by atoms with Gasteiger partial charge in [-0.25, -0.2) is 0 Å². The largest absolute Gasteiger partial charge is 0.314 e. The van der Waals surface area contributed by atoms with E-state index in [4.69, 9.17) is 5.26 Å². The molecule has 112 valence electrons. The van der Waals surface area contributed by atoms with Gasteiger partial charge in [0, 0.05) is 25.7 Å². The number of rotatable bonds is 4. The van der Waals surface area contributed by atoms with Crippen LogP contribution < -0.4 is 5.32 Å². The van der Waals surface area contributed by atoms with Crippen molar-refractivity contribution in [2.24, 2.45) is 0 Å². The van der Waals surface area contributed by atoms with E-state index in [0.717, 1.165) is 19.6 Å². The lowest BCUT2D eigenvalue weighted by Crippen LogP contribution is -2.52. The van der Waals surface area contributed by atoms with Crippen LogP contribution in [0.5, 0.6) is 0 Å². The van der Waals surface area contributed by atoms with Crippen molar-refractivity contribution in [3.05, 3.63) is 71.8 Å². The number of hydrogen-bond donors (Lipinski definition) is 1. The Morgan fingerprint density at radius 2 is 1.64 bits per heavy atom. The smallest absolute Gasteiger partial charge is 0.0638 e. The minimum atomic E-state index is 0.211. The maximum atomic E-state index is 9.15. The summed E-state index contributed by atoms with van der Waals surface area (Å²) in [6.07, 6.45) is 0.559. The first-order valence-electron chi connectivity index (χ1n) is 7.83. The Kier molecular flexibility index (Phi) is 4.85. The molecule has 0 aliphatic carbocycles. The summed E-state index contributed by atoms with van der Waals surface area (Å²) in [6, 6.07) is 24.0. The molecule has 1 atom stereocenters. The zero-order valence-corrected chi connectivity index (χ0v) is 12.7. The van der Waals surface area contributed by atoms with Gasteiger partial charge in [0.15, 0.2) is 0 Å². The van der Waals surface area contributed by atoms with E-state index in [-0.39, 0.29) is 12.1 Å². The van der Waals surface area contributed by atoms with E-state index in [1.165, 1.54) is 11.1 Å². The van der Waals surface area contributed by atoms with Gasteiger partial charge in [-0.2, -0.15) is 5.26 Å². The lowest BCUT2D eigenvalue weighted by molar-refractivity contribution is 0.127. The third kappa shape index (κ3) is 3.19. The number of benzene rings is 2. The summed E-state index contributed by atoms with van der Waals surface area (Å²) in [6.45, 7) is 2.81. The Hall–Kier alpha value is -2.15. The Labute approximate surface area is 132 Å². The van der Waals surface area contributed by atoms with Crippen LogP contribution >= 0.6 is 0 Å². The van der Waals surface area contributed by atoms with Gasteiger partial charge in [0.05, 0.1) is 18.5 Å². The van der Waals surface area contributed by atoms with Crippen LogP contribution in [0.1, 0.15) is 23.6 Å². The quantitative estimate of drug-likeness (QED) is 0.941. The van der Waals surface area contributed by atoms with E-state index in [0.29, 0.717) is 6.42 Å². The topological polar surface area (TPSA) is 39.1 Å². The lowest BCUT2D eigenvalue weighted by Gasteiger charge is -2.41. The molecule has 0 spiro atoms. The monoisotopic (exact) mass is 291 g/mol.